The second-order valence-corrected chi connectivity index (χ2v) is 6.04. The fourth-order valence-corrected chi connectivity index (χ4v) is 2.85. The molecule has 0 saturated heterocycles. The highest BCUT2D eigenvalue weighted by atomic mass is 32.2. The summed E-state index contributed by atoms with van der Waals surface area (Å²) in [5.74, 6) is -0.0443. The monoisotopic (exact) mass is 259 g/mol. The van der Waals surface area contributed by atoms with E-state index in [2.05, 4.69) is 10.2 Å². The van der Waals surface area contributed by atoms with E-state index in [1.54, 1.807) is 0 Å². The second-order valence-electron chi connectivity index (χ2n) is 3.84. The number of aromatic nitrogens is 2. The molecule has 2 rings (SSSR count). The number of fused-ring (bicyclic) bond motifs is 1. The Labute approximate surface area is 98.4 Å². The lowest BCUT2D eigenvalue weighted by atomic mass is 10.1. The highest BCUT2D eigenvalue weighted by molar-refractivity contribution is 7.91. The van der Waals surface area contributed by atoms with Crippen molar-refractivity contribution in [3.8, 4) is 0 Å². The van der Waals surface area contributed by atoms with Crippen molar-refractivity contribution in [2.75, 3.05) is 12.3 Å². The number of rotatable bonds is 2. The van der Waals surface area contributed by atoms with Gasteiger partial charge >= 0.3 is 6.09 Å². The SMILES string of the molecule is CCS(=O)(=O)c1n[nH]c2c1CN(C(=O)O)CC2. The standard InChI is InChI=1S/C9H13N3O4S/c1-2-17(15,16)8-6-5-12(9(13)14)4-3-7(6)10-11-8/h2-5H2,1H3,(H,10,11)(H,13,14). The number of nitrogens with zero attached hydrogens (tertiary/aromatic N) is 2. The predicted octanol–water partition coefficient (Wildman–Crippen LogP) is 0.239. The molecular formula is C9H13N3O4S. The molecule has 94 valence electrons. The van der Waals surface area contributed by atoms with Gasteiger partial charge in [-0.05, 0) is 0 Å². The summed E-state index contributed by atoms with van der Waals surface area (Å²) in [6.07, 6.45) is -0.579. The Morgan fingerprint density at radius 1 is 1.59 bits per heavy atom. The number of H-pyrrole nitrogens is 1. The van der Waals surface area contributed by atoms with Gasteiger partial charge in [0.25, 0.3) is 0 Å². The van der Waals surface area contributed by atoms with Gasteiger partial charge in [-0.15, -0.1) is 0 Å². The van der Waals surface area contributed by atoms with E-state index < -0.39 is 15.9 Å². The van der Waals surface area contributed by atoms with Crippen LogP contribution in [0.25, 0.3) is 0 Å². The Morgan fingerprint density at radius 2 is 2.29 bits per heavy atom. The molecule has 8 heteroatoms. The molecule has 17 heavy (non-hydrogen) atoms. The van der Waals surface area contributed by atoms with E-state index in [9.17, 15) is 13.2 Å². The third kappa shape index (κ3) is 1.99. The van der Waals surface area contributed by atoms with Crippen LogP contribution in [-0.2, 0) is 22.8 Å². The van der Waals surface area contributed by atoms with Crippen LogP contribution in [0.2, 0.25) is 0 Å². The topological polar surface area (TPSA) is 103 Å². The average Bonchev–Trinajstić information content (AvgIpc) is 2.72. The molecule has 0 saturated carbocycles. The van der Waals surface area contributed by atoms with Gasteiger partial charge in [0.1, 0.15) is 0 Å². The molecule has 0 atom stereocenters. The Kier molecular flexibility index (Phi) is 2.82. The van der Waals surface area contributed by atoms with Crippen LogP contribution in [0.1, 0.15) is 18.2 Å². The molecule has 1 aromatic rings. The maximum atomic E-state index is 11.8. The van der Waals surface area contributed by atoms with E-state index in [0.717, 1.165) is 5.69 Å². The molecule has 0 aliphatic carbocycles. The number of hydrogen-bond acceptors (Lipinski definition) is 4. The maximum absolute atomic E-state index is 11.8. The first-order valence-corrected chi connectivity index (χ1v) is 6.87. The molecule has 1 amide bonds. The Morgan fingerprint density at radius 3 is 2.88 bits per heavy atom. The zero-order valence-electron chi connectivity index (χ0n) is 9.30. The zero-order valence-corrected chi connectivity index (χ0v) is 10.1. The molecule has 0 bridgehead atoms. The first-order valence-electron chi connectivity index (χ1n) is 5.22. The van der Waals surface area contributed by atoms with Crippen molar-refractivity contribution in [3.63, 3.8) is 0 Å². The van der Waals surface area contributed by atoms with Gasteiger partial charge < -0.3 is 10.0 Å². The third-order valence-electron chi connectivity index (χ3n) is 2.84. The third-order valence-corrected chi connectivity index (χ3v) is 4.53. The smallest absolute Gasteiger partial charge is 0.407 e. The molecule has 0 unspecified atom stereocenters. The second kappa shape index (κ2) is 4.02. The minimum Gasteiger partial charge on any atom is -0.465 e. The maximum Gasteiger partial charge on any atom is 0.407 e. The first-order chi connectivity index (χ1) is 7.95. The van der Waals surface area contributed by atoms with Crippen LogP contribution in [0.4, 0.5) is 4.79 Å². The highest BCUT2D eigenvalue weighted by Gasteiger charge is 2.29. The molecule has 0 spiro atoms. The van der Waals surface area contributed by atoms with Gasteiger partial charge in [-0.1, -0.05) is 6.92 Å². The lowest BCUT2D eigenvalue weighted by molar-refractivity contribution is 0.139. The summed E-state index contributed by atoms with van der Waals surface area (Å²) in [4.78, 5) is 12.0. The number of hydrogen-bond donors (Lipinski definition) is 2. The quantitative estimate of drug-likeness (QED) is 0.791. The lowest BCUT2D eigenvalue weighted by Crippen LogP contribution is -2.35. The van der Waals surface area contributed by atoms with Crippen LogP contribution in [0, 0.1) is 0 Å². The molecule has 0 aromatic carbocycles. The number of carbonyl (C=O) groups is 1. The van der Waals surface area contributed by atoms with Gasteiger partial charge in [0.15, 0.2) is 14.9 Å². The van der Waals surface area contributed by atoms with Crippen LogP contribution in [0.15, 0.2) is 5.03 Å². The van der Waals surface area contributed by atoms with Crippen molar-refractivity contribution in [3.05, 3.63) is 11.3 Å². The summed E-state index contributed by atoms with van der Waals surface area (Å²) in [6.45, 7) is 1.97. The van der Waals surface area contributed by atoms with Gasteiger partial charge in [0.2, 0.25) is 0 Å². The number of nitrogens with one attached hydrogen (secondary N) is 1. The molecule has 0 radical (unpaired) electrons. The molecule has 1 aromatic heterocycles. The minimum absolute atomic E-state index is 0.0130. The predicted molar refractivity (Wildman–Crippen MR) is 58.5 cm³/mol. The Balaban J connectivity index is 2.42. The Hall–Kier alpha value is -1.57. The highest BCUT2D eigenvalue weighted by Crippen LogP contribution is 2.24. The van der Waals surface area contributed by atoms with E-state index in [0.29, 0.717) is 18.5 Å². The summed E-state index contributed by atoms with van der Waals surface area (Å²) < 4.78 is 23.5. The summed E-state index contributed by atoms with van der Waals surface area (Å²) in [6, 6.07) is 0. The van der Waals surface area contributed by atoms with Crippen molar-refractivity contribution < 1.29 is 18.3 Å². The number of carboxylic acid groups (broad SMARTS) is 1. The number of aromatic amines is 1. The van der Waals surface area contributed by atoms with Crippen LogP contribution < -0.4 is 0 Å². The molecule has 2 heterocycles. The van der Waals surface area contributed by atoms with Crippen molar-refractivity contribution in [1.82, 2.24) is 15.1 Å². The van der Waals surface area contributed by atoms with Crippen LogP contribution in [0.3, 0.4) is 0 Å². The van der Waals surface area contributed by atoms with E-state index >= 15 is 0 Å². The number of sulfone groups is 1. The van der Waals surface area contributed by atoms with Gasteiger partial charge in [-0.2, -0.15) is 5.10 Å². The molecular weight excluding hydrogens is 246 g/mol. The van der Waals surface area contributed by atoms with Crippen molar-refractivity contribution in [2.24, 2.45) is 0 Å². The zero-order chi connectivity index (χ0) is 12.6. The van der Waals surface area contributed by atoms with Crippen molar-refractivity contribution >= 4 is 15.9 Å². The van der Waals surface area contributed by atoms with Crippen molar-refractivity contribution in [2.45, 2.75) is 24.9 Å². The Bertz CT molecular complexity index is 549. The minimum atomic E-state index is -3.41. The fraction of sp³-hybridized carbons (Fsp3) is 0.556. The summed E-state index contributed by atoms with van der Waals surface area (Å²) >= 11 is 0. The van der Waals surface area contributed by atoms with Gasteiger partial charge in [-0.3, -0.25) is 5.10 Å². The van der Waals surface area contributed by atoms with Crippen LogP contribution in [-0.4, -0.2) is 47.0 Å². The summed E-state index contributed by atoms with van der Waals surface area (Å²) in [5, 5.41) is 15.4. The van der Waals surface area contributed by atoms with Crippen LogP contribution in [0.5, 0.6) is 0 Å². The fourth-order valence-electron chi connectivity index (χ4n) is 1.83. The largest absolute Gasteiger partial charge is 0.465 e. The van der Waals surface area contributed by atoms with E-state index in [1.165, 1.54) is 11.8 Å². The van der Waals surface area contributed by atoms with E-state index in [1.807, 2.05) is 0 Å². The van der Waals surface area contributed by atoms with Gasteiger partial charge in [0.05, 0.1) is 12.3 Å². The molecule has 2 N–H and O–H groups in total. The van der Waals surface area contributed by atoms with Gasteiger partial charge in [0, 0.05) is 24.2 Å². The van der Waals surface area contributed by atoms with Crippen molar-refractivity contribution in [1.29, 1.82) is 0 Å². The molecule has 1 aliphatic heterocycles. The molecule has 0 fully saturated rings. The lowest BCUT2D eigenvalue weighted by Gasteiger charge is -2.23. The van der Waals surface area contributed by atoms with Gasteiger partial charge in [-0.25, -0.2) is 13.2 Å². The van der Waals surface area contributed by atoms with E-state index in [4.69, 9.17) is 5.11 Å². The van der Waals surface area contributed by atoms with E-state index in [-0.39, 0.29) is 17.3 Å². The normalized spacial score (nSPS) is 15.7. The first kappa shape index (κ1) is 11.9. The molecule has 7 nitrogen and oxygen atoms in total. The van der Waals surface area contributed by atoms with Crippen LogP contribution >= 0.6 is 0 Å². The summed E-state index contributed by atoms with van der Waals surface area (Å²) in [5.41, 5.74) is 1.20. The average molecular weight is 259 g/mol. The molecule has 1 aliphatic rings. The summed E-state index contributed by atoms with van der Waals surface area (Å²) in [7, 11) is -3.41. The number of amides is 1.